The first-order valence-corrected chi connectivity index (χ1v) is 13.1. The van der Waals surface area contributed by atoms with Crippen LogP contribution in [0.4, 0.5) is 5.69 Å². The smallest absolute Gasteiger partial charge is 0.257 e. The second-order valence-electron chi connectivity index (χ2n) is 8.99. The predicted octanol–water partition coefficient (Wildman–Crippen LogP) is 4.40. The number of hydrogen-bond donors (Lipinski definition) is 1. The quantitative estimate of drug-likeness (QED) is 0.448. The van der Waals surface area contributed by atoms with Crippen molar-refractivity contribution >= 4 is 32.7 Å². The number of piperidine rings is 1. The molecule has 5 rings (SSSR count). The number of benzene rings is 2. The van der Waals surface area contributed by atoms with Crippen molar-refractivity contribution in [3.63, 3.8) is 0 Å². The summed E-state index contributed by atoms with van der Waals surface area (Å²) in [6.07, 6.45) is 3.26. The van der Waals surface area contributed by atoms with Crippen LogP contribution in [-0.2, 0) is 10.0 Å². The molecule has 0 radical (unpaired) electrons. The zero-order valence-corrected chi connectivity index (χ0v) is 20.5. The molecule has 0 bridgehead atoms. The molecule has 0 aliphatic carbocycles. The van der Waals surface area contributed by atoms with E-state index in [0.717, 1.165) is 29.6 Å². The van der Waals surface area contributed by atoms with Crippen molar-refractivity contribution < 1.29 is 13.2 Å². The number of para-hydroxylation sites is 1. The van der Waals surface area contributed by atoms with E-state index in [-0.39, 0.29) is 10.8 Å². The number of aromatic nitrogens is 3. The lowest BCUT2D eigenvalue weighted by molar-refractivity contribution is 0.102. The molecule has 2 aromatic heterocycles. The third kappa shape index (κ3) is 4.56. The molecule has 0 atom stereocenters. The Morgan fingerprint density at radius 2 is 1.71 bits per heavy atom. The summed E-state index contributed by atoms with van der Waals surface area (Å²) in [6.45, 7) is 5.11. The molecule has 2 aromatic carbocycles. The lowest BCUT2D eigenvalue weighted by atomic mass is 10.0. The van der Waals surface area contributed by atoms with Crippen LogP contribution in [0.3, 0.4) is 0 Å². The second-order valence-corrected chi connectivity index (χ2v) is 10.9. The lowest BCUT2D eigenvalue weighted by Gasteiger charge is -2.29. The van der Waals surface area contributed by atoms with E-state index in [1.54, 1.807) is 39.3 Å². The van der Waals surface area contributed by atoms with E-state index in [4.69, 9.17) is 0 Å². The largest absolute Gasteiger partial charge is 0.322 e. The van der Waals surface area contributed by atoms with Crippen molar-refractivity contribution in [1.29, 1.82) is 0 Å². The number of sulfonamides is 1. The van der Waals surface area contributed by atoms with E-state index < -0.39 is 10.0 Å². The molecule has 1 aliphatic rings. The number of aryl methyl sites for hydroxylation is 1. The molecule has 0 saturated carbocycles. The molecule has 9 heteroatoms. The number of nitrogens with zero attached hydrogens (tertiary/aromatic N) is 4. The average Bonchev–Trinajstić information content (AvgIpc) is 3.21. The third-order valence-electron chi connectivity index (χ3n) is 6.46. The minimum absolute atomic E-state index is 0.233. The van der Waals surface area contributed by atoms with Crippen LogP contribution in [0, 0.1) is 12.8 Å². The maximum absolute atomic E-state index is 12.9. The van der Waals surface area contributed by atoms with Crippen molar-refractivity contribution in [2.75, 3.05) is 18.4 Å². The summed E-state index contributed by atoms with van der Waals surface area (Å²) in [6, 6.07) is 17.8. The Morgan fingerprint density at radius 3 is 2.40 bits per heavy atom. The van der Waals surface area contributed by atoms with Crippen molar-refractivity contribution in [3.8, 4) is 5.69 Å². The fraction of sp³-hybridized carbons (Fsp3) is 0.269. The van der Waals surface area contributed by atoms with Crippen molar-refractivity contribution in [1.82, 2.24) is 19.1 Å². The topological polar surface area (TPSA) is 97.2 Å². The van der Waals surface area contributed by atoms with E-state index in [1.165, 1.54) is 6.20 Å². The highest BCUT2D eigenvalue weighted by Gasteiger charge is 2.28. The van der Waals surface area contributed by atoms with Crippen LogP contribution in [-0.4, -0.2) is 46.5 Å². The molecular weight excluding hydrogens is 462 g/mol. The first-order valence-electron chi connectivity index (χ1n) is 11.7. The van der Waals surface area contributed by atoms with Crippen LogP contribution in [0.1, 0.15) is 35.8 Å². The third-order valence-corrected chi connectivity index (χ3v) is 8.38. The zero-order chi connectivity index (χ0) is 24.6. The van der Waals surface area contributed by atoms with E-state index in [9.17, 15) is 13.2 Å². The van der Waals surface area contributed by atoms with Gasteiger partial charge in [-0.2, -0.15) is 9.40 Å². The van der Waals surface area contributed by atoms with Gasteiger partial charge in [0, 0.05) is 30.4 Å². The lowest BCUT2D eigenvalue weighted by Crippen LogP contribution is -2.37. The van der Waals surface area contributed by atoms with Gasteiger partial charge in [0.1, 0.15) is 0 Å². The number of pyridine rings is 1. The van der Waals surface area contributed by atoms with E-state index in [1.807, 2.05) is 37.3 Å². The summed E-state index contributed by atoms with van der Waals surface area (Å²) >= 11 is 0. The highest BCUT2D eigenvalue weighted by molar-refractivity contribution is 7.89. The van der Waals surface area contributed by atoms with Crippen LogP contribution in [0.2, 0.25) is 0 Å². The van der Waals surface area contributed by atoms with Crippen LogP contribution < -0.4 is 5.32 Å². The summed E-state index contributed by atoms with van der Waals surface area (Å²) in [4.78, 5) is 17.6. The minimum Gasteiger partial charge on any atom is -0.322 e. The van der Waals surface area contributed by atoms with Crippen LogP contribution >= 0.6 is 0 Å². The Kier molecular flexibility index (Phi) is 6.12. The van der Waals surface area contributed by atoms with E-state index >= 15 is 0 Å². The van der Waals surface area contributed by atoms with Gasteiger partial charge in [-0.1, -0.05) is 25.1 Å². The molecule has 1 amide bonds. The fourth-order valence-corrected chi connectivity index (χ4v) is 5.77. The summed E-state index contributed by atoms with van der Waals surface area (Å²) < 4.78 is 29.2. The molecule has 0 unspecified atom stereocenters. The number of carbonyl (C=O) groups excluding carboxylic acids is 1. The van der Waals surface area contributed by atoms with Gasteiger partial charge in [-0.15, -0.1) is 0 Å². The molecule has 1 aliphatic heterocycles. The molecule has 3 heterocycles. The molecule has 1 fully saturated rings. The van der Waals surface area contributed by atoms with E-state index in [2.05, 4.69) is 22.3 Å². The molecule has 1 saturated heterocycles. The van der Waals surface area contributed by atoms with Crippen molar-refractivity contribution in [3.05, 3.63) is 78.1 Å². The van der Waals surface area contributed by atoms with Crippen LogP contribution in [0.15, 0.2) is 71.8 Å². The Bertz CT molecular complexity index is 1470. The van der Waals surface area contributed by atoms with Gasteiger partial charge in [0.25, 0.3) is 5.91 Å². The van der Waals surface area contributed by atoms with Gasteiger partial charge in [-0.3, -0.25) is 4.79 Å². The van der Waals surface area contributed by atoms with Crippen LogP contribution in [0.25, 0.3) is 16.7 Å². The first-order chi connectivity index (χ1) is 16.8. The highest BCUT2D eigenvalue weighted by atomic mass is 32.2. The minimum atomic E-state index is -3.53. The second kappa shape index (κ2) is 9.24. The molecule has 8 nitrogen and oxygen atoms in total. The number of anilines is 1. The van der Waals surface area contributed by atoms with Crippen molar-refractivity contribution in [2.45, 2.75) is 31.6 Å². The Balaban J connectivity index is 1.33. The van der Waals surface area contributed by atoms with Gasteiger partial charge in [0.05, 0.1) is 21.8 Å². The average molecular weight is 490 g/mol. The molecule has 35 heavy (non-hydrogen) atoms. The maximum Gasteiger partial charge on any atom is 0.257 e. The van der Waals surface area contributed by atoms with E-state index in [0.29, 0.717) is 35.9 Å². The SMILES string of the molecule is Cc1nn(-c2ccccc2)c2ncc(C(=O)Nc3ccc(S(=O)(=O)N4CCC(C)CC4)cc3)cc12. The number of fused-ring (bicyclic) bond motifs is 1. The molecule has 180 valence electrons. The predicted molar refractivity (Wildman–Crippen MR) is 135 cm³/mol. The number of carbonyl (C=O) groups is 1. The highest BCUT2D eigenvalue weighted by Crippen LogP contribution is 2.25. The summed E-state index contributed by atoms with van der Waals surface area (Å²) in [7, 11) is -3.53. The molecule has 0 spiro atoms. The summed E-state index contributed by atoms with van der Waals surface area (Å²) in [5.41, 5.74) is 3.24. The maximum atomic E-state index is 12.9. The Morgan fingerprint density at radius 1 is 1.03 bits per heavy atom. The molecular formula is C26H27N5O3S. The summed E-state index contributed by atoms with van der Waals surface area (Å²) in [5.74, 6) is 0.219. The fourth-order valence-electron chi connectivity index (χ4n) is 4.31. The number of rotatable bonds is 5. The number of amides is 1. The van der Waals surface area contributed by atoms with Gasteiger partial charge in [0.2, 0.25) is 10.0 Å². The standard InChI is InChI=1S/C26H27N5O3S/c1-18-12-14-30(15-13-18)35(33,34)23-10-8-21(9-11-23)28-26(32)20-16-24-19(2)29-31(25(24)27-17-20)22-6-4-3-5-7-22/h3-11,16-18H,12-15H2,1-2H3,(H,28,32). The van der Waals surface area contributed by atoms with Crippen molar-refractivity contribution in [2.24, 2.45) is 5.92 Å². The zero-order valence-electron chi connectivity index (χ0n) is 19.7. The molecule has 4 aromatic rings. The van der Waals surface area contributed by atoms with Gasteiger partial charge in [-0.25, -0.2) is 18.1 Å². The van der Waals surface area contributed by atoms with Gasteiger partial charge in [-0.05, 0) is 68.1 Å². The number of nitrogens with one attached hydrogen (secondary N) is 1. The Labute approximate surface area is 204 Å². The van der Waals surface area contributed by atoms with Crippen LogP contribution in [0.5, 0.6) is 0 Å². The number of hydrogen-bond acceptors (Lipinski definition) is 5. The molecule has 1 N–H and O–H groups in total. The van der Waals surface area contributed by atoms with Gasteiger partial charge >= 0.3 is 0 Å². The Hall–Kier alpha value is -3.56. The normalized spacial score (nSPS) is 15.4. The monoisotopic (exact) mass is 489 g/mol. The first kappa shape index (κ1) is 23.2. The summed E-state index contributed by atoms with van der Waals surface area (Å²) in [5, 5.41) is 8.20. The van der Waals surface area contributed by atoms with Gasteiger partial charge in [0.15, 0.2) is 5.65 Å². The van der Waals surface area contributed by atoms with Gasteiger partial charge < -0.3 is 5.32 Å².